The Hall–Kier alpha value is -3.21. The van der Waals surface area contributed by atoms with Crippen molar-refractivity contribution in [2.75, 3.05) is 0 Å². The summed E-state index contributed by atoms with van der Waals surface area (Å²) in [5.41, 5.74) is 10.3. The van der Waals surface area contributed by atoms with E-state index in [-0.39, 0.29) is 18.2 Å². The third kappa shape index (κ3) is 4.14. The van der Waals surface area contributed by atoms with Crippen LogP contribution >= 0.6 is 0 Å². The van der Waals surface area contributed by atoms with Crippen molar-refractivity contribution in [2.24, 2.45) is 0 Å². The Bertz CT molecular complexity index is 994. The van der Waals surface area contributed by atoms with Gasteiger partial charge in [0.05, 0.1) is 11.9 Å². The van der Waals surface area contributed by atoms with Crippen LogP contribution in [0.5, 0.6) is 0 Å². The number of nitrogens with one attached hydrogen (secondary N) is 2. The van der Waals surface area contributed by atoms with Crippen LogP contribution in [0.1, 0.15) is 39.7 Å². The number of aromatic nitrogens is 1. The molecule has 0 spiro atoms. The van der Waals surface area contributed by atoms with Crippen molar-refractivity contribution in [1.29, 1.82) is 0 Å². The summed E-state index contributed by atoms with van der Waals surface area (Å²) in [4.78, 5) is 29.1. The molecule has 2 aromatic carbocycles. The number of hydrogen-bond donors (Lipinski definition) is 2. The molecular formula is C22H23N3O2. The molecule has 2 amide bonds. The van der Waals surface area contributed by atoms with E-state index in [1.54, 1.807) is 12.1 Å². The predicted octanol–water partition coefficient (Wildman–Crippen LogP) is 3.42. The quantitative estimate of drug-likeness (QED) is 0.700. The van der Waals surface area contributed by atoms with E-state index in [9.17, 15) is 9.59 Å². The summed E-state index contributed by atoms with van der Waals surface area (Å²) >= 11 is 0. The Morgan fingerprint density at radius 2 is 1.67 bits per heavy atom. The molecule has 0 aliphatic rings. The summed E-state index contributed by atoms with van der Waals surface area (Å²) in [5.74, 6) is -0.618. The molecule has 1 aromatic heterocycles. The number of pyridine rings is 1. The number of amides is 2. The topological polar surface area (TPSA) is 71.1 Å². The fraction of sp³-hybridized carbons (Fsp3) is 0.227. The molecule has 0 saturated heterocycles. The van der Waals surface area contributed by atoms with E-state index in [0.29, 0.717) is 5.56 Å². The van der Waals surface area contributed by atoms with Gasteiger partial charge in [0.1, 0.15) is 0 Å². The van der Waals surface area contributed by atoms with Gasteiger partial charge in [-0.25, -0.2) is 0 Å². The maximum absolute atomic E-state index is 12.3. The number of rotatable bonds is 4. The molecule has 5 heteroatoms. The normalized spacial score (nSPS) is 10.6. The number of fused-ring (bicyclic) bond motifs is 1. The van der Waals surface area contributed by atoms with Gasteiger partial charge in [-0.1, -0.05) is 37.3 Å². The van der Waals surface area contributed by atoms with Gasteiger partial charge >= 0.3 is 0 Å². The van der Waals surface area contributed by atoms with Gasteiger partial charge in [0.15, 0.2) is 0 Å². The summed E-state index contributed by atoms with van der Waals surface area (Å²) in [7, 11) is 0. The SMILES string of the molecule is CCc1ccc(C(=O)NNC(=O)Cc2c(C)nc3ccccc3c2C)cc1. The van der Waals surface area contributed by atoms with E-state index in [1.165, 1.54) is 0 Å². The first kappa shape index (κ1) is 18.6. The Labute approximate surface area is 158 Å². The van der Waals surface area contributed by atoms with Crippen molar-refractivity contribution < 1.29 is 9.59 Å². The van der Waals surface area contributed by atoms with Crippen LogP contribution in [0.2, 0.25) is 0 Å². The van der Waals surface area contributed by atoms with Crippen LogP contribution in [-0.4, -0.2) is 16.8 Å². The number of benzene rings is 2. The highest BCUT2D eigenvalue weighted by atomic mass is 16.2. The zero-order chi connectivity index (χ0) is 19.4. The van der Waals surface area contributed by atoms with E-state index in [1.807, 2.05) is 50.2 Å². The number of hydrazine groups is 1. The Kier molecular flexibility index (Phi) is 5.50. The third-order valence-corrected chi connectivity index (χ3v) is 4.76. The van der Waals surface area contributed by atoms with Crippen LogP contribution < -0.4 is 10.9 Å². The van der Waals surface area contributed by atoms with Crippen LogP contribution in [0.15, 0.2) is 48.5 Å². The number of carbonyl (C=O) groups is 2. The molecule has 0 bridgehead atoms. The van der Waals surface area contributed by atoms with Crippen LogP contribution in [0.3, 0.4) is 0 Å². The summed E-state index contributed by atoms with van der Waals surface area (Å²) in [6.45, 7) is 5.95. The lowest BCUT2D eigenvalue weighted by Crippen LogP contribution is -2.42. The average Bonchev–Trinajstić information content (AvgIpc) is 2.69. The number of nitrogens with zero attached hydrogens (tertiary/aromatic N) is 1. The van der Waals surface area contributed by atoms with Crippen LogP contribution in [-0.2, 0) is 17.6 Å². The van der Waals surface area contributed by atoms with E-state index < -0.39 is 0 Å². The monoisotopic (exact) mass is 361 g/mol. The molecule has 0 saturated carbocycles. The second-order valence-electron chi connectivity index (χ2n) is 6.55. The van der Waals surface area contributed by atoms with E-state index in [4.69, 9.17) is 0 Å². The van der Waals surface area contributed by atoms with Crippen molar-refractivity contribution >= 4 is 22.7 Å². The maximum Gasteiger partial charge on any atom is 0.269 e. The second kappa shape index (κ2) is 7.99. The fourth-order valence-electron chi connectivity index (χ4n) is 3.13. The van der Waals surface area contributed by atoms with Gasteiger partial charge in [0, 0.05) is 16.6 Å². The van der Waals surface area contributed by atoms with E-state index >= 15 is 0 Å². The predicted molar refractivity (Wildman–Crippen MR) is 106 cm³/mol. The summed E-state index contributed by atoms with van der Waals surface area (Å²) in [6, 6.07) is 15.2. The molecule has 0 atom stereocenters. The first-order valence-corrected chi connectivity index (χ1v) is 9.02. The molecule has 5 nitrogen and oxygen atoms in total. The molecule has 27 heavy (non-hydrogen) atoms. The molecular weight excluding hydrogens is 338 g/mol. The number of para-hydroxylation sites is 1. The lowest BCUT2D eigenvalue weighted by molar-refractivity contribution is -0.121. The molecule has 0 aliphatic carbocycles. The number of hydrogen-bond acceptors (Lipinski definition) is 3. The van der Waals surface area contributed by atoms with Gasteiger partial charge in [-0.05, 0) is 55.2 Å². The lowest BCUT2D eigenvalue weighted by atomic mass is 9.99. The number of aryl methyl sites for hydroxylation is 3. The molecule has 0 unspecified atom stereocenters. The summed E-state index contributed by atoms with van der Waals surface area (Å²) < 4.78 is 0. The Morgan fingerprint density at radius 1 is 0.963 bits per heavy atom. The largest absolute Gasteiger partial charge is 0.273 e. The van der Waals surface area contributed by atoms with Gasteiger partial charge in [0.25, 0.3) is 5.91 Å². The molecule has 0 radical (unpaired) electrons. The standard InChI is InChI=1S/C22H23N3O2/c1-4-16-9-11-17(12-10-16)22(27)25-24-21(26)13-19-14(2)18-7-5-6-8-20(18)23-15(19)3/h5-12H,4,13H2,1-3H3,(H,24,26)(H,25,27). The molecule has 2 N–H and O–H groups in total. The minimum absolute atomic E-state index is 0.157. The molecule has 1 heterocycles. The highest BCUT2D eigenvalue weighted by Gasteiger charge is 2.14. The van der Waals surface area contributed by atoms with Gasteiger partial charge in [-0.2, -0.15) is 0 Å². The summed E-state index contributed by atoms with van der Waals surface area (Å²) in [5, 5.41) is 1.03. The zero-order valence-corrected chi connectivity index (χ0v) is 15.8. The molecule has 3 rings (SSSR count). The maximum atomic E-state index is 12.3. The van der Waals surface area contributed by atoms with Crippen LogP contribution in [0, 0.1) is 13.8 Å². The smallest absolute Gasteiger partial charge is 0.269 e. The average molecular weight is 361 g/mol. The third-order valence-electron chi connectivity index (χ3n) is 4.76. The van der Waals surface area contributed by atoms with E-state index in [2.05, 4.69) is 22.8 Å². The minimum atomic E-state index is -0.337. The van der Waals surface area contributed by atoms with Crippen molar-refractivity contribution in [2.45, 2.75) is 33.6 Å². The van der Waals surface area contributed by atoms with Crippen molar-refractivity contribution in [3.63, 3.8) is 0 Å². The highest BCUT2D eigenvalue weighted by molar-refractivity contribution is 5.95. The van der Waals surface area contributed by atoms with Crippen molar-refractivity contribution in [3.05, 3.63) is 76.5 Å². The van der Waals surface area contributed by atoms with Gasteiger partial charge in [-0.3, -0.25) is 25.4 Å². The lowest BCUT2D eigenvalue weighted by Gasteiger charge is -2.13. The van der Waals surface area contributed by atoms with Gasteiger partial charge in [-0.15, -0.1) is 0 Å². The Morgan fingerprint density at radius 3 is 2.37 bits per heavy atom. The first-order valence-electron chi connectivity index (χ1n) is 9.02. The zero-order valence-electron chi connectivity index (χ0n) is 15.8. The van der Waals surface area contributed by atoms with Crippen LogP contribution in [0.25, 0.3) is 10.9 Å². The first-order chi connectivity index (χ1) is 13.0. The number of carbonyl (C=O) groups excluding carboxylic acids is 2. The van der Waals surface area contributed by atoms with Crippen molar-refractivity contribution in [1.82, 2.24) is 15.8 Å². The van der Waals surface area contributed by atoms with Gasteiger partial charge < -0.3 is 0 Å². The summed E-state index contributed by atoms with van der Waals surface area (Å²) in [6.07, 6.45) is 1.07. The molecule has 3 aromatic rings. The van der Waals surface area contributed by atoms with E-state index in [0.717, 1.165) is 39.7 Å². The Balaban J connectivity index is 1.67. The van der Waals surface area contributed by atoms with Gasteiger partial charge in [0.2, 0.25) is 5.91 Å². The molecule has 138 valence electrons. The molecule has 0 aliphatic heterocycles. The van der Waals surface area contributed by atoms with Crippen LogP contribution in [0.4, 0.5) is 0 Å². The highest BCUT2D eigenvalue weighted by Crippen LogP contribution is 2.22. The fourth-order valence-corrected chi connectivity index (χ4v) is 3.13. The second-order valence-corrected chi connectivity index (χ2v) is 6.55. The minimum Gasteiger partial charge on any atom is -0.273 e. The molecule has 0 fully saturated rings. The van der Waals surface area contributed by atoms with Crippen molar-refractivity contribution in [3.8, 4) is 0 Å².